The second kappa shape index (κ2) is 5.13. The van der Waals surface area contributed by atoms with Gasteiger partial charge in [-0.1, -0.05) is 15.9 Å². The third-order valence-electron chi connectivity index (χ3n) is 2.13. The second-order valence-electron chi connectivity index (χ2n) is 5.02. The fourth-order valence-corrected chi connectivity index (χ4v) is 1.80. The Morgan fingerprint density at radius 1 is 1.32 bits per heavy atom. The average molecular weight is 324 g/mol. The lowest BCUT2D eigenvalue weighted by molar-refractivity contribution is 0.0635. The van der Waals surface area contributed by atoms with Crippen LogP contribution in [-0.2, 0) is 4.74 Å². The molecule has 1 heterocycles. The van der Waals surface area contributed by atoms with Crippen LogP contribution in [0.1, 0.15) is 20.8 Å². The Hall–Kier alpha value is -1.69. The van der Waals surface area contributed by atoms with Crippen molar-refractivity contribution in [1.82, 2.24) is 9.97 Å². The molecule has 0 aliphatic carbocycles. The molecule has 1 aromatic carbocycles. The number of halogens is 1. The first kappa shape index (κ1) is 13.7. The van der Waals surface area contributed by atoms with E-state index >= 15 is 0 Å². The van der Waals surface area contributed by atoms with Crippen molar-refractivity contribution in [3.8, 4) is 0 Å². The standard InChI is InChI=1S/C13H14BrN3O2/c1-13(2,3)19-12(18)17-11-7-15-10-6-8(14)4-5-9(10)16-11/h4-7H,1-3H3,(H,16,17,18). The molecule has 0 unspecified atom stereocenters. The number of carbonyl (C=O) groups excluding carboxylic acids is 1. The van der Waals surface area contributed by atoms with Crippen molar-refractivity contribution in [2.24, 2.45) is 0 Å². The van der Waals surface area contributed by atoms with Gasteiger partial charge in [0.2, 0.25) is 0 Å². The molecule has 100 valence electrons. The first-order valence-electron chi connectivity index (χ1n) is 5.76. The zero-order valence-electron chi connectivity index (χ0n) is 10.9. The van der Waals surface area contributed by atoms with Gasteiger partial charge in [-0.15, -0.1) is 0 Å². The third-order valence-corrected chi connectivity index (χ3v) is 2.63. The van der Waals surface area contributed by atoms with Crippen molar-refractivity contribution < 1.29 is 9.53 Å². The van der Waals surface area contributed by atoms with E-state index in [2.05, 4.69) is 31.2 Å². The van der Waals surface area contributed by atoms with Crippen LogP contribution in [0.5, 0.6) is 0 Å². The molecule has 0 saturated heterocycles. The van der Waals surface area contributed by atoms with E-state index < -0.39 is 11.7 Å². The Morgan fingerprint density at radius 3 is 2.74 bits per heavy atom. The molecule has 1 amide bonds. The topological polar surface area (TPSA) is 64.1 Å². The molecule has 2 aromatic rings. The number of rotatable bonds is 1. The Bertz CT molecular complexity index is 623. The second-order valence-corrected chi connectivity index (χ2v) is 5.93. The molecule has 0 spiro atoms. The van der Waals surface area contributed by atoms with Gasteiger partial charge < -0.3 is 4.74 Å². The van der Waals surface area contributed by atoms with Crippen molar-refractivity contribution in [1.29, 1.82) is 0 Å². The summed E-state index contributed by atoms with van der Waals surface area (Å²) >= 11 is 3.37. The van der Waals surface area contributed by atoms with Crippen molar-refractivity contribution in [2.75, 3.05) is 5.32 Å². The van der Waals surface area contributed by atoms with Crippen molar-refractivity contribution >= 4 is 38.9 Å². The maximum Gasteiger partial charge on any atom is 0.413 e. The quantitative estimate of drug-likeness (QED) is 0.868. The van der Waals surface area contributed by atoms with Crippen LogP contribution in [-0.4, -0.2) is 21.7 Å². The van der Waals surface area contributed by atoms with Gasteiger partial charge in [0.05, 0.1) is 17.2 Å². The first-order valence-corrected chi connectivity index (χ1v) is 6.55. The summed E-state index contributed by atoms with van der Waals surface area (Å²) in [5, 5.41) is 2.56. The number of ether oxygens (including phenoxy) is 1. The molecule has 0 aliphatic rings. The molecule has 0 aliphatic heterocycles. The maximum absolute atomic E-state index is 11.6. The lowest BCUT2D eigenvalue weighted by Gasteiger charge is -2.19. The fourth-order valence-electron chi connectivity index (χ4n) is 1.45. The van der Waals surface area contributed by atoms with Crippen molar-refractivity contribution in [3.63, 3.8) is 0 Å². The number of hydrogen-bond acceptors (Lipinski definition) is 4. The van der Waals surface area contributed by atoms with Gasteiger partial charge in [0.1, 0.15) is 5.60 Å². The molecular weight excluding hydrogens is 310 g/mol. The van der Waals surface area contributed by atoms with E-state index in [9.17, 15) is 4.79 Å². The molecule has 0 radical (unpaired) electrons. The van der Waals surface area contributed by atoms with Crippen LogP contribution in [0.25, 0.3) is 11.0 Å². The maximum atomic E-state index is 11.6. The van der Waals surface area contributed by atoms with Gasteiger partial charge in [0, 0.05) is 4.47 Å². The first-order chi connectivity index (χ1) is 8.83. The number of aromatic nitrogens is 2. The largest absolute Gasteiger partial charge is 0.444 e. The molecule has 5 nitrogen and oxygen atoms in total. The molecule has 0 bridgehead atoms. The summed E-state index contributed by atoms with van der Waals surface area (Å²) < 4.78 is 6.08. The number of nitrogens with zero attached hydrogens (tertiary/aromatic N) is 2. The summed E-state index contributed by atoms with van der Waals surface area (Å²) in [5.41, 5.74) is 0.917. The highest BCUT2D eigenvalue weighted by molar-refractivity contribution is 9.10. The molecule has 1 aromatic heterocycles. The third kappa shape index (κ3) is 3.89. The summed E-state index contributed by atoms with van der Waals surface area (Å²) in [7, 11) is 0. The summed E-state index contributed by atoms with van der Waals surface area (Å²) in [6.07, 6.45) is 0.955. The zero-order valence-corrected chi connectivity index (χ0v) is 12.5. The molecule has 6 heteroatoms. The van der Waals surface area contributed by atoms with Gasteiger partial charge in [0.15, 0.2) is 5.82 Å². The number of hydrogen-bond donors (Lipinski definition) is 1. The van der Waals surface area contributed by atoms with Gasteiger partial charge in [-0.3, -0.25) is 10.3 Å². The average Bonchev–Trinajstić information content (AvgIpc) is 2.26. The van der Waals surface area contributed by atoms with Gasteiger partial charge in [0.25, 0.3) is 0 Å². The number of nitrogens with one attached hydrogen (secondary N) is 1. The summed E-state index contributed by atoms with van der Waals surface area (Å²) in [6.45, 7) is 5.41. The highest BCUT2D eigenvalue weighted by atomic mass is 79.9. The molecule has 2 rings (SSSR count). The summed E-state index contributed by atoms with van der Waals surface area (Å²) in [5.74, 6) is 0.365. The fraction of sp³-hybridized carbons (Fsp3) is 0.308. The Labute approximate surface area is 119 Å². The Balaban J connectivity index is 2.18. The van der Waals surface area contributed by atoms with Crippen LogP contribution < -0.4 is 5.32 Å². The predicted molar refractivity (Wildman–Crippen MR) is 77.1 cm³/mol. The number of amides is 1. The minimum Gasteiger partial charge on any atom is -0.444 e. The van der Waals surface area contributed by atoms with Crippen LogP contribution in [0.4, 0.5) is 10.6 Å². The van der Waals surface area contributed by atoms with Crippen molar-refractivity contribution in [3.05, 3.63) is 28.9 Å². The molecule has 0 fully saturated rings. The van der Waals surface area contributed by atoms with E-state index in [-0.39, 0.29) is 0 Å². The lowest BCUT2D eigenvalue weighted by Crippen LogP contribution is -2.27. The van der Waals surface area contributed by atoms with E-state index in [0.717, 1.165) is 9.99 Å². The van der Waals surface area contributed by atoms with E-state index in [1.54, 1.807) is 20.8 Å². The van der Waals surface area contributed by atoms with Gasteiger partial charge in [-0.05, 0) is 39.0 Å². The Kier molecular flexibility index (Phi) is 3.71. The molecule has 0 saturated carbocycles. The smallest absolute Gasteiger partial charge is 0.413 e. The monoisotopic (exact) mass is 323 g/mol. The summed E-state index contributed by atoms with van der Waals surface area (Å²) in [4.78, 5) is 20.1. The minimum atomic E-state index is -0.543. The van der Waals surface area contributed by atoms with Crippen LogP contribution in [0.2, 0.25) is 0 Å². The van der Waals surface area contributed by atoms with Crippen molar-refractivity contribution in [2.45, 2.75) is 26.4 Å². The van der Waals surface area contributed by atoms with E-state index in [0.29, 0.717) is 11.3 Å². The highest BCUT2D eigenvalue weighted by Gasteiger charge is 2.16. The van der Waals surface area contributed by atoms with Crippen LogP contribution in [0.3, 0.4) is 0 Å². The van der Waals surface area contributed by atoms with E-state index in [1.165, 1.54) is 6.20 Å². The van der Waals surface area contributed by atoms with Gasteiger partial charge >= 0.3 is 6.09 Å². The molecule has 0 atom stereocenters. The highest BCUT2D eigenvalue weighted by Crippen LogP contribution is 2.18. The number of anilines is 1. The SMILES string of the molecule is CC(C)(C)OC(=O)Nc1cnc2cc(Br)ccc2n1. The predicted octanol–water partition coefficient (Wildman–Crippen LogP) is 3.74. The number of carbonyl (C=O) groups is 1. The van der Waals surface area contributed by atoms with Gasteiger partial charge in [-0.25, -0.2) is 9.78 Å². The molecular formula is C13H14BrN3O2. The van der Waals surface area contributed by atoms with Gasteiger partial charge in [-0.2, -0.15) is 0 Å². The van der Waals surface area contributed by atoms with Crippen LogP contribution >= 0.6 is 15.9 Å². The Morgan fingerprint density at radius 2 is 2.05 bits per heavy atom. The number of fused-ring (bicyclic) bond motifs is 1. The van der Waals surface area contributed by atoms with E-state index in [4.69, 9.17) is 4.74 Å². The molecule has 1 N–H and O–H groups in total. The lowest BCUT2D eigenvalue weighted by atomic mass is 10.2. The van der Waals surface area contributed by atoms with Crippen LogP contribution in [0.15, 0.2) is 28.9 Å². The van der Waals surface area contributed by atoms with Crippen LogP contribution in [0, 0.1) is 0 Å². The molecule has 19 heavy (non-hydrogen) atoms. The minimum absolute atomic E-state index is 0.365. The van der Waals surface area contributed by atoms with E-state index in [1.807, 2.05) is 18.2 Å². The zero-order chi connectivity index (χ0) is 14.0. The normalized spacial score (nSPS) is 11.4. The summed E-state index contributed by atoms with van der Waals surface area (Å²) in [6, 6.07) is 5.56. The number of benzene rings is 1.